The van der Waals surface area contributed by atoms with Crippen molar-refractivity contribution < 1.29 is 18.9 Å². The summed E-state index contributed by atoms with van der Waals surface area (Å²) in [5, 5.41) is 9.65. The van der Waals surface area contributed by atoms with Gasteiger partial charge in [0.05, 0.1) is 18.6 Å². The van der Waals surface area contributed by atoms with Gasteiger partial charge < -0.3 is 18.9 Å². The first kappa shape index (κ1) is 29.1. The van der Waals surface area contributed by atoms with Gasteiger partial charge in [-0.15, -0.1) is 0 Å². The molecule has 0 aromatic heterocycles. The lowest BCUT2D eigenvalue weighted by Crippen LogP contribution is -2.32. The van der Waals surface area contributed by atoms with Gasteiger partial charge in [-0.25, -0.2) is 0 Å². The molecule has 3 unspecified atom stereocenters. The minimum atomic E-state index is -0.575. The van der Waals surface area contributed by atoms with E-state index in [2.05, 4.69) is 146 Å². The number of ether oxygens (including phenoxy) is 4. The van der Waals surface area contributed by atoms with Crippen LogP contribution in [0.4, 0.5) is 0 Å². The van der Waals surface area contributed by atoms with Crippen LogP contribution < -0.4 is 9.47 Å². The molecule has 0 radical (unpaired) electrons. The fourth-order valence-electron chi connectivity index (χ4n) is 8.45. The van der Waals surface area contributed by atoms with E-state index in [0.29, 0.717) is 6.61 Å². The van der Waals surface area contributed by atoms with Crippen LogP contribution in [0.25, 0.3) is 54.2 Å². The fourth-order valence-corrected chi connectivity index (χ4v) is 8.45. The first-order valence-corrected chi connectivity index (χ1v) is 17.9. The van der Waals surface area contributed by atoms with Crippen LogP contribution in [0.2, 0.25) is 0 Å². The lowest BCUT2D eigenvalue weighted by Gasteiger charge is -2.34. The van der Waals surface area contributed by atoms with Crippen LogP contribution in [0, 0.1) is 0 Å². The molecule has 0 bridgehead atoms. The third kappa shape index (κ3) is 4.60. The molecule has 2 fully saturated rings. The molecule has 2 saturated heterocycles. The molecule has 0 spiro atoms. The molecule has 4 nitrogen and oxygen atoms in total. The molecule has 0 amide bonds. The Morgan fingerprint density at radius 2 is 1.14 bits per heavy atom. The predicted octanol–water partition coefficient (Wildman–Crippen LogP) is 10.6. The van der Waals surface area contributed by atoms with Crippen molar-refractivity contribution in [2.24, 2.45) is 0 Å². The average Bonchev–Trinajstić information content (AvgIpc) is 3.95. The molecule has 3 atom stereocenters. The highest BCUT2D eigenvalue weighted by Crippen LogP contribution is 2.59. The molecule has 3 aliphatic rings. The molecular formula is C47H34O4. The molecule has 0 N–H and O–H groups in total. The van der Waals surface area contributed by atoms with Crippen LogP contribution >= 0.6 is 0 Å². The Balaban J connectivity index is 1.18. The van der Waals surface area contributed by atoms with E-state index in [9.17, 15) is 0 Å². The van der Waals surface area contributed by atoms with Gasteiger partial charge in [-0.2, -0.15) is 0 Å². The van der Waals surface area contributed by atoms with Gasteiger partial charge in [0.15, 0.2) is 0 Å². The van der Waals surface area contributed by atoms with Gasteiger partial charge in [0.1, 0.15) is 24.2 Å². The van der Waals surface area contributed by atoms with Crippen LogP contribution in [0.15, 0.2) is 146 Å². The number of fused-ring (bicyclic) bond motifs is 8. The molecule has 4 heteroatoms. The van der Waals surface area contributed by atoms with Gasteiger partial charge in [0.25, 0.3) is 0 Å². The zero-order valence-corrected chi connectivity index (χ0v) is 28.0. The second-order valence-electron chi connectivity index (χ2n) is 14.1. The standard InChI is InChI=1S/C47H34O4/c1-2-7-31-26-44-42(25-30(31)6-1)46-41-8-4-3-5-29(41)13-18-43(46)47(44,36-14-9-34-23-38(16-11-32(34)21-36)49-27-40-28-50-40)37-15-10-35-24-39(17-12-33(35)22-37)51-45-19-20-48-45/h1-18,21-26,40,45H,19-20,27-28H2. The first-order valence-electron chi connectivity index (χ1n) is 17.9. The quantitative estimate of drug-likeness (QED) is 0.159. The third-order valence-corrected chi connectivity index (χ3v) is 11.1. The number of hydrogen-bond acceptors (Lipinski definition) is 4. The van der Waals surface area contributed by atoms with Crippen molar-refractivity contribution in [2.45, 2.75) is 24.2 Å². The molecule has 8 aromatic rings. The van der Waals surface area contributed by atoms with Crippen LogP contribution in [0.3, 0.4) is 0 Å². The number of epoxide rings is 1. The summed E-state index contributed by atoms with van der Waals surface area (Å²) in [5.74, 6) is 1.71. The van der Waals surface area contributed by atoms with E-state index >= 15 is 0 Å². The molecule has 11 rings (SSSR count). The fraction of sp³-hybridized carbons (Fsp3) is 0.149. The second-order valence-corrected chi connectivity index (χ2v) is 14.1. The minimum absolute atomic E-state index is 0.149. The smallest absolute Gasteiger partial charge is 0.202 e. The van der Waals surface area contributed by atoms with E-state index in [1.54, 1.807) is 0 Å². The molecule has 1 aliphatic carbocycles. The summed E-state index contributed by atoms with van der Waals surface area (Å²) in [6.07, 6.45) is 0.997. The molecule has 0 saturated carbocycles. The third-order valence-electron chi connectivity index (χ3n) is 11.1. The van der Waals surface area contributed by atoms with Crippen molar-refractivity contribution in [1.29, 1.82) is 0 Å². The van der Waals surface area contributed by atoms with Gasteiger partial charge in [-0.3, -0.25) is 0 Å². The lowest BCUT2D eigenvalue weighted by atomic mass is 9.67. The Morgan fingerprint density at radius 3 is 1.84 bits per heavy atom. The maximum atomic E-state index is 6.09. The number of hydrogen-bond donors (Lipinski definition) is 0. The predicted molar refractivity (Wildman–Crippen MR) is 204 cm³/mol. The largest absolute Gasteiger partial charge is 0.491 e. The molecule has 51 heavy (non-hydrogen) atoms. The van der Waals surface area contributed by atoms with Crippen LogP contribution in [0.1, 0.15) is 28.7 Å². The Bertz CT molecular complexity index is 2690. The topological polar surface area (TPSA) is 40.2 Å². The Labute approximate surface area is 295 Å². The maximum absolute atomic E-state index is 6.09. The minimum Gasteiger partial charge on any atom is -0.491 e. The van der Waals surface area contributed by atoms with Gasteiger partial charge in [-0.1, -0.05) is 97.1 Å². The van der Waals surface area contributed by atoms with Crippen LogP contribution in [-0.2, 0) is 14.9 Å². The molecule has 2 aliphatic heterocycles. The van der Waals surface area contributed by atoms with Crippen molar-refractivity contribution in [3.8, 4) is 22.6 Å². The SMILES string of the molecule is c1ccc2cc3c(cc2c1)-c1c(ccc2ccccc12)C3(c1ccc2cc(OCC3CO3)ccc2c1)c1ccc2cc(OC3CCO3)ccc2c1. The molecular weight excluding hydrogens is 629 g/mol. The van der Waals surface area contributed by atoms with Gasteiger partial charge in [-0.05, 0) is 125 Å². The van der Waals surface area contributed by atoms with Gasteiger partial charge in [0.2, 0.25) is 6.29 Å². The van der Waals surface area contributed by atoms with Crippen molar-refractivity contribution in [1.82, 2.24) is 0 Å². The Kier molecular flexibility index (Phi) is 6.37. The van der Waals surface area contributed by atoms with Crippen molar-refractivity contribution in [3.63, 3.8) is 0 Å². The van der Waals surface area contributed by atoms with Crippen LogP contribution in [0.5, 0.6) is 11.5 Å². The van der Waals surface area contributed by atoms with E-state index in [4.69, 9.17) is 18.9 Å². The lowest BCUT2D eigenvalue weighted by molar-refractivity contribution is -0.165. The van der Waals surface area contributed by atoms with E-state index in [0.717, 1.165) is 41.9 Å². The van der Waals surface area contributed by atoms with Gasteiger partial charge >= 0.3 is 0 Å². The maximum Gasteiger partial charge on any atom is 0.202 e. The number of rotatable bonds is 7. The summed E-state index contributed by atoms with van der Waals surface area (Å²) in [5.41, 5.74) is 7.10. The van der Waals surface area contributed by atoms with Gasteiger partial charge in [0, 0.05) is 6.42 Å². The molecule has 8 aromatic carbocycles. The highest BCUT2D eigenvalue weighted by atomic mass is 16.7. The number of benzene rings is 8. The van der Waals surface area contributed by atoms with Crippen LogP contribution in [-0.4, -0.2) is 32.2 Å². The zero-order valence-electron chi connectivity index (χ0n) is 28.0. The first-order chi connectivity index (χ1) is 25.2. The normalized spacial score (nSPS) is 20.3. The summed E-state index contributed by atoms with van der Waals surface area (Å²) >= 11 is 0. The molecule has 246 valence electrons. The van der Waals surface area contributed by atoms with Crippen molar-refractivity contribution in [3.05, 3.63) is 168 Å². The van der Waals surface area contributed by atoms with Crippen molar-refractivity contribution >= 4 is 43.1 Å². The summed E-state index contributed by atoms with van der Waals surface area (Å²) in [4.78, 5) is 0. The Hall–Kier alpha value is -5.68. The second kappa shape index (κ2) is 11.2. The van der Waals surface area contributed by atoms with Crippen molar-refractivity contribution in [2.75, 3.05) is 19.8 Å². The monoisotopic (exact) mass is 662 g/mol. The Morgan fingerprint density at radius 1 is 0.549 bits per heavy atom. The highest BCUT2D eigenvalue weighted by Gasteiger charge is 2.47. The summed E-state index contributed by atoms with van der Waals surface area (Å²) in [7, 11) is 0. The van der Waals surface area contributed by atoms with E-state index in [1.165, 1.54) is 65.7 Å². The van der Waals surface area contributed by atoms with E-state index in [1.807, 2.05) is 0 Å². The summed E-state index contributed by atoms with van der Waals surface area (Å²) in [6, 6.07) is 53.9. The molecule has 2 heterocycles. The summed E-state index contributed by atoms with van der Waals surface area (Å²) < 4.78 is 23.1. The zero-order chi connectivity index (χ0) is 33.5. The average molecular weight is 663 g/mol. The highest BCUT2D eigenvalue weighted by molar-refractivity contribution is 6.07. The van der Waals surface area contributed by atoms with E-state index < -0.39 is 5.41 Å². The van der Waals surface area contributed by atoms with E-state index in [-0.39, 0.29) is 12.4 Å². The summed E-state index contributed by atoms with van der Waals surface area (Å²) in [6.45, 7) is 2.13.